The molecule has 0 spiro atoms. The van der Waals surface area contributed by atoms with Crippen LogP contribution in [0.25, 0.3) is 5.69 Å². The number of benzene rings is 1. The highest BCUT2D eigenvalue weighted by atomic mass is 16.4. The van der Waals surface area contributed by atoms with E-state index in [1.807, 2.05) is 6.07 Å². The maximum atomic E-state index is 12.0. The summed E-state index contributed by atoms with van der Waals surface area (Å²) in [6, 6.07) is 8.86. The van der Waals surface area contributed by atoms with Crippen LogP contribution in [-0.4, -0.2) is 16.2 Å². The smallest absolute Gasteiger partial charge is 0.375 e. The molecule has 0 bridgehead atoms. The van der Waals surface area contributed by atoms with Gasteiger partial charge in [-0.3, -0.25) is 0 Å². The maximum Gasteiger partial charge on any atom is 0.425 e. The van der Waals surface area contributed by atoms with Crippen LogP contribution in [-0.2, 0) is 7.05 Å². The Balaban J connectivity index is 2.93. The molecule has 0 aliphatic carbocycles. The third-order valence-corrected chi connectivity index (χ3v) is 2.33. The van der Waals surface area contributed by atoms with Crippen LogP contribution in [0.15, 0.2) is 49.3 Å². The van der Waals surface area contributed by atoms with Gasteiger partial charge in [0.05, 0.1) is 5.69 Å². The zero-order valence-corrected chi connectivity index (χ0v) is 9.45. The third-order valence-electron chi connectivity index (χ3n) is 2.33. The first-order valence-electron chi connectivity index (χ1n) is 4.96. The van der Waals surface area contributed by atoms with Crippen molar-refractivity contribution in [2.24, 2.45) is 12.0 Å². The first-order valence-corrected chi connectivity index (χ1v) is 4.96. The Labute approximate surface area is 96.1 Å². The summed E-state index contributed by atoms with van der Waals surface area (Å²) in [7, 11) is 2.81. The second-order valence-electron chi connectivity index (χ2n) is 3.39. The number of hydrogen-bond acceptors (Lipinski definition) is 4. The molecule has 0 unspecified atom stereocenters. The van der Waals surface area contributed by atoms with E-state index in [9.17, 15) is 9.59 Å². The fourth-order valence-corrected chi connectivity index (χ4v) is 1.45. The van der Waals surface area contributed by atoms with Crippen LogP contribution in [0.4, 0.5) is 0 Å². The van der Waals surface area contributed by atoms with Gasteiger partial charge >= 0.3 is 17.1 Å². The zero-order valence-electron chi connectivity index (χ0n) is 9.45. The van der Waals surface area contributed by atoms with Crippen LogP contribution in [0.1, 0.15) is 0 Å². The average molecular weight is 233 g/mol. The highest BCUT2D eigenvalue weighted by molar-refractivity contribution is 5.29. The molecule has 6 nitrogen and oxygen atoms in total. The number of aromatic nitrogens is 2. The van der Waals surface area contributed by atoms with Crippen molar-refractivity contribution >= 4 is 0 Å². The lowest BCUT2D eigenvalue weighted by molar-refractivity contribution is 0.351. The van der Waals surface area contributed by atoms with E-state index in [1.54, 1.807) is 24.3 Å². The summed E-state index contributed by atoms with van der Waals surface area (Å²) in [4.78, 5) is 27.1. The van der Waals surface area contributed by atoms with Crippen LogP contribution >= 0.6 is 0 Å². The molecule has 88 valence electrons. The fourth-order valence-electron chi connectivity index (χ4n) is 1.45. The average Bonchev–Trinajstić information content (AvgIpc) is 2.36. The summed E-state index contributed by atoms with van der Waals surface area (Å²) >= 11 is 0. The summed E-state index contributed by atoms with van der Waals surface area (Å²) in [6.45, 7) is 0. The van der Waals surface area contributed by atoms with Crippen molar-refractivity contribution in [2.45, 2.75) is 0 Å². The molecule has 17 heavy (non-hydrogen) atoms. The van der Waals surface area contributed by atoms with Crippen LogP contribution < -0.4 is 17.1 Å². The molecule has 2 rings (SSSR count). The maximum absolute atomic E-state index is 12.0. The molecule has 0 saturated heterocycles. The van der Waals surface area contributed by atoms with Gasteiger partial charge in [0.25, 0.3) is 0 Å². The quantitative estimate of drug-likeness (QED) is 0.676. The molecular formula is C11H11N3O3. The molecule has 0 saturated carbocycles. The molecular weight excluding hydrogens is 222 g/mol. The van der Waals surface area contributed by atoms with Gasteiger partial charge in [0.1, 0.15) is 0 Å². The molecule has 0 fully saturated rings. The van der Waals surface area contributed by atoms with Gasteiger partial charge in [0.2, 0.25) is 0 Å². The molecule has 0 N–H and O–H groups in total. The summed E-state index contributed by atoms with van der Waals surface area (Å²) < 4.78 is 7.06. The molecule has 2 aromatic rings. The first-order chi connectivity index (χ1) is 8.15. The van der Waals surface area contributed by atoms with E-state index >= 15 is 0 Å². The van der Waals surface area contributed by atoms with E-state index in [-0.39, 0.29) is 5.68 Å². The molecule has 0 radical (unpaired) electrons. The Kier molecular flexibility index (Phi) is 2.78. The second-order valence-corrected chi connectivity index (χ2v) is 3.39. The number of hydrogen-bond donors (Lipinski definition) is 0. The Morgan fingerprint density at radius 2 is 1.82 bits per heavy atom. The molecule has 1 aromatic carbocycles. The van der Waals surface area contributed by atoms with Crippen molar-refractivity contribution in [2.75, 3.05) is 7.05 Å². The van der Waals surface area contributed by atoms with Crippen molar-refractivity contribution in [3.63, 3.8) is 0 Å². The molecule has 1 aromatic heterocycles. The molecule has 0 atom stereocenters. The van der Waals surface area contributed by atoms with Gasteiger partial charge in [-0.2, -0.15) is 0 Å². The van der Waals surface area contributed by atoms with Gasteiger partial charge in [0, 0.05) is 14.1 Å². The Morgan fingerprint density at radius 1 is 1.18 bits per heavy atom. The Bertz CT molecular complexity index is 707. The van der Waals surface area contributed by atoms with E-state index in [0.717, 1.165) is 4.57 Å². The van der Waals surface area contributed by atoms with Crippen LogP contribution in [0, 0.1) is 0 Å². The minimum atomic E-state index is -0.734. The lowest BCUT2D eigenvalue weighted by Crippen LogP contribution is -2.44. The molecule has 0 aliphatic heterocycles. The lowest BCUT2D eigenvalue weighted by Gasteiger charge is -2.05. The van der Waals surface area contributed by atoms with Crippen LogP contribution in [0.2, 0.25) is 0 Å². The summed E-state index contributed by atoms with van der Waals surface area (Å²) in [5.41, 5.74) is 0.0785. The van der Waals surface area contributed by atoms with E-state index < -0.39 is 11.4 Å². The Hall–Kier alpha value is -2.37. The van der Waals surface area contributed by atoms with E-state index in [0.29, 0.717) is 5.69 Å². The van der Waals surface area contributed by atoms with E-state index in [4.69, 9.17) is 4.42 Å². The monoisotopic (exact) mass is 233 g/mol. The topological polar surface area (TPSA) is 69.5 Å². The van der Waals surface area contributed by atoms with Crippen LogP contribution in [0.5, 0.6) is 0 Å². The summed E-state index contributed by atoms with van der Waals surface area (Å²) in [6.07, 6.45) is 0. The number of nitrogens with zero attached hydrogens (tertiary/aromatic N) is 3. The van der Waals surface area contributed by atoms with E-state index in [1.165, 1.54) is 18.7 Å². The predicted octanol–water partition coefficient (Wildman–Crippen LogP) is -0.340. The SMILES string of the molecule is C/N=c1\oc(=O)n(C)c(=O)n1-c1ccccc1. The molecule has 1 heterocycles. The van der Waals surface area contributed by atoms with E-state index in [2.05, 4.69) is 4.99 Å². The van der Waals surface area contributed by atoms with Gasteiger partial charge in [-0.05, 0) is 12.1 Å². The lowest BCUT2D eigenvalue weighted by atomic mass is 10.3. The van der Waals surface area contributed by atoms with Crippen molar-refractivity contribution < 1.29 is 4.42 Å². The third kappa shape index (κ3) is 1.84. The van der Waals surface area contributed by atoms with Crippen molar-refractivity contribution in [1.29, 1.82) is 0 Å². The van der Waals surface area contributed by atoms with Gasteiger partial charge in [-0.15, -0.1) is 0 Å². The minimum absolute atomic E-state index is 0.0238. The second kappa shape index (κ2) is 4.25. The van der Waals surface area contributed by atoms with Gasteiger partial charge in [0.15, 0.2) is 0 Å². The summed E-state index contributed by atoms with van der Waals surface area (Å²) in [5, 5.41) is 0. The van der Waals surface area contributed by atoms with Crippen molar-refractivity contribution in [3.05, 3.63) is 57.1 Å². The molecule has 0 aliphatic rings. The van der Waals surface area contributed by atoms with Gasteiger partial charge < -0.3 is 4.42 Å². The standard InChI is InChI=1S/C11H11N3O3/c1-12-9-14(8-6-4-3-5-7-8)10(15)13(2)11(16)17-9/h3-7H,1-2H3/b12-9-. The molecule has 6 heteroatoms. The zero-order chi connectivity index (χ0) is 12.4. The highest BCUT2D eigenvalue weighted by Gasteiger charge is 2.08. The summed E-state index contributed by atoms with van der Waals surface area (Å²) in [5.74, 6) is -0.734. The number of para-hydroxylation sites is 1. The number of rotatable bonds is 1. The van der Waals surface area contributed by atoms with Crippen LogP contribution in [0.3, 0.4) is 0 Å². The van der Waals surface area contributed by atoms with Gasteiger partial charge in [-0.1, -0.05) is 18.2 Å². The predicted molar refractivity (Wildman–Crippen MR) is 61.0 cm³/mol. The fraction of sp³-hybridized carbons (Fsp3) is 0.182. The molecule has 0 amide bonds. The Morgan fingerprint density at radius 3 is 2.41 bits per heavy atom. The van der Waals surface area contributed by atoms with Gasteiger partial charge in [-0.25, -0.2) is 23.7 Å². The largest absolute Gasteiger partial charge is 0.425 e. The minimum Gasteiger partial charge on any atom is -0.375 e. The normalized spacial score (nSPS) is 11.8. The van der Waals surface area contributed by atoms with Crippen molar-refractivity contribution in [3.8, 4) is 5.69 Å². The highest BCUT2D eigenvalue weighted by Crippen LogP contribution is 1.99. The van der Waals surface area contributed by atoms with Crippen molar-refractivity contribution in [1.82, 2.24) is 9.13 Å². The first kappa shape index (κ1) is 11.1.